The van der Waals surface area contributed by atoms with Gasteiger partial charge in [0.2, 0.25) is 94.5 Å². The number of hydrogen-bond acceptors (Lipinski definition) is 20. The summed E-state index contributed by atoms with van der Waals surface area (Å²) < 4.78 is 0. The fraction of sp³-hybridized carbons (Fsp3) is 0.782. The lowest BCUT2D eigenvalue weighted by Gasteiger charge is -2.33. The van der Waals surface area contributed by atoms with E-state index in [1.54, 1.807) is 90.0 Å². The van der Waals surface area contributed by atoms with Crippen LogP contribution >= 0.6 is 0 Å². The molecular weight excluding hydrogens is 1490 g/mol. The molecule has 0 unspecified atom stereocenters. The van der Waals surface area contributed by atoms with Gasteiger partial charge >= 0.3 is 5.97 Å². The van der Waals surface area contributed by atoms with Gasteiger partial charge in [-0.1, -0.05) is 124 Å². The first-order chi connectivity index (χ1) is 53.8. The molecule has 0 aromatic carbocycles. The van der Waals surface area contributed by atoms with Gasteiger partial charge in [0.15, 0.2) is 0 Å². The number of nitrogens with zero attached hydrogens (tertiary/aromatic N) is 4. The van der Waals surface area contributed by atoms with E-state index in [2.05, 4.69) is 58.5 Å². The number of carboxylic acid groups (broad SMARTS) is 1. The molecule has 37 nitrogen and oxygen atoms in total. The number of carbonyl (C=O) groups excluding carboxylic acids is 16. The second kappa shape index (κ2) is 46.0. The molecule has 18 N–H and O–H groups in total. The molecule has 0 aliphatic carbocycles. The van der Waals surface area contributed by atoms with Crippen molar-refractivity contribution in [3.63, 3.8) is 0 Å². The van der Waals surface area contributed by atoms with Crippen LogP contribution < -0.4 is 70.0 Å². The van der Waals surface area contributed by atoms with Crippen LogP contribution in [0.2, 0.25) is 0 Å². The van der Waals surface area contributed by atoms with E-state index >= 15 is 0 Å². The van der Waals surface area contributed by atoms with Gasteiger partial charge in [-0.15, -0.1) is 0 Å². The van der Waals surface area contributed by atoms with E-state index in [1.165, 1.54) is 21.6 Å². The van der Waals surface area contributed by atoms with Crippen LogP contribution in [0.1, 0.15) is 208 Å². The molecule has 0 saturated carbocycles. The summed E-state index contributed by atoms with van der Waals surface area (Å²) in [5.41, 5.74) is 11.5. The molecule has 0 bridgehead atoms. The van der Waals surface area contributed by atoms with Crippen molar-refractivity contribution >= 4 is 100 Å². The molecule has 0 aromatic rings. The van der Waals surface area contributed by atoms with Crippen LogP contribution in [0.4, 0.5) is 0 Å². The van der Waals surface area contributed by atoms with Crippen molar-refractivity contribution in [2.24, 2.45) is 58.8 Å². The molecule has 16 amide bonds. The number of primary amides is 1. The summed E-state index contributed by atoms with van der Waals surface area (Å²) in [5, 5.41) is 60.5. The summed E-state index contributed by atoms with van der Waals surface area (Å²) in [6.45, 7) is 27.4. The monoisotopic (exact) mass is 1630 g/mol. The van der Waals surface area contributed by atoms with E-state index in [9.17, 15) is 96.8 Å². The van der Waals surface area contributed by atoms with Crippen molar-refractivity contribution in [1.82, 2.24) is 78.1 Å². The minimum Gasteiger partial charge on any atom is -0.480 e. The maximum atomic E-state index is 14.6. The molecule has 115 heavy (non-hydrogen) atoms. The number of carboxylic acids is 1. The Balaban J connectivity index is 1.42. The summed E-state index contributed by atoms with van der Waals surface area (Å²) in [4.78, 5) is 240. The number of hydrogen-bond donors (Lipinski definition) is 16. The number of aliphatic hydroxyl groups is 2. The third-order valence-electron chi connectivity index (χ3n) is 22.0. The molecule has 4 heterocycles. The number of likely N-dealkylation sites (tertiary alicyclic amines) is 4. The fourth-order valence-electron chi connectivity index (χ4n) is 14.6. The number of nitrogens with one attached hydrogen (secondary N) is 11. The number of amides is 16. The lowest BCUT2D eigenvalue weighted by Crippen LogP contribution is -2.63. The highest BCUT2D eigenvalue weighted by molar-refractivity contribution is 6.01. The van der Waals surface area contributed by atoms with Crippen molar-refractivity contribution in [2.75, 3.05) is 39.3 Å². The topological polar surface area (TPSA) is 548 Å². The van der Waals surface area contributed by atoms with Crippen molar-refractivity contribution in [2.45, 2.75) is 304 Å². The average molecular weight is 1630 g/mol. The maximum Gasteiger partial charge on any atom is 0.326 e. The Bertz CT molecular complexity index is 3430. The van der Waals surface area contributed by atoms with Gasteiger partial charge in [0.25, 0.3) is 0 Å². The molecule has 4 saturated heterocycles. The molecule has 0 radical (unpaired) electrons. The van der Waals surface area contributed by atoms with Crippen molar-refractivity contribution in [1.29, 1.82) is 0 Å². The zero-order valence-corrected chi connectivity index (χ0v) is 70.2. The normalized spacial score (nSPS) is 20.6. The fourth-order valence-corrected chi connectivity index (χ4v) is 14.6. The second-order valence-electron chi connectivity index (χ2n) is 33.5. The summed E-state index contributed by atoms with van der Waals surface area (Å²) in [7, 11) is 0. The molecule has 0 spiro atoms. The van der Waals surface area contributed by atoms with E-state index in [1.807, 2.05) is 20.8 Å². The second-order valence-corrected chi connectivity index (χ2v) is 33.5. The highest BCUT2D eigenvalue weighted by Crippen LogP contribution is 2.26. The molecule has 18 atom stereocenters. The molecule has 4 rings (SSSR count). The van der Waals surface area contributed by atoms with Crippen molar-refractivity contribution in [3.8, 4) is 0 Å². The number of aliphatic hydroxyl groups excluding tert-OH is 2. The Morgan fingerprint density at radius 3 is 1.12 bits per heavy atom. The summed E-state index contributed by atoms with van der Waals surface area (Å²) >= 11 is 0. The zero-order valence-electron chi connectivity index (χ0n) is 70.2. The molecule has 4 aliphatic heterocycles. The van der Waals surface area contributed by atoms with Crippen LogP contribution in [0.5, 0.6) is 0 Å². The predicted octanol–water partition coefficient (Wildman–Crippen LogP) is -2.23. The van der Waals surface area contributed by atoms with Crippen LogP contribution in [0.25, 0.3) is 0 Å². The quantitative estimate of drug-likeness (QED) is 0.0307. The Labute approximate surface area is 675 Å². The van der Waals surface area contributed by atoms with Crippen molar-refractivity contribution < 1.29 is 96.8 Å². The average Bonchev–Trinajstić information content (AvgIpc) is 1.73. The van der Waals surface area contributed by atoms with Gasteiger partial charge in [-0.3, -0.25) is 76.7 Å². The lowest BCUT2D eigenvalue weighted by molar-refractivity contribution is -0.145. The van der Waals surface area contributed by atoms with E-state index < -0.39 is 240 Å². The summed E-state index contributed by atoms with van der Waals surface area (Å²) in [5.74, 6) is -16.8. The summed E-state index contributed by atoms with van der Waals surface area (Å²) in [6, 6.07) is -19.1. The van der Waals surface area contributed by atoms with Crippen LogP contribution in [-0.4, -0.2) is 271 Å². The number of rotatable bonds is 44. The Morgan fingerprint density at radius 1 is 0.391 bits per heavy atom. The van der Waals surface area contributed by atoms with E-state index in [0.29, 0.717) is 38.5 Å². The van der Waals surface area contributed by atoms with E-state index in [0.717, 1.165) is 4.90 Å². The lowest BCUT2D eigenvalue weighted by atomic mass is 9.96. The van der Waals surface area contributed by atoms with Crippen LogP contribution in [0.3, 0.4) is 0 Å². The molecule has 37 heteroatoms. The van der Waals surface area contributed by atoms with Gasteiger partial charge in [0.05, 0.1) is 25.3 Å². The molecule has 4 aliphatic rings. The first-order valence-corrected chi connectivity index (χ1v) is 40.9. The van der Waals surface area contributed by atoms with Crippen LogP contribution in [0, 0.1) is 47.3 Å². The summed E-state index contributed by atoms with van der Waals surface area (Å²) in [6.07, 6.45) is 0.924. The zero-order chi connectivity index (χ0) is 86.9. The Kier molecular flexibility index (Phi) is 39.3. The number of aliphatic carboxylic acids is 1. The Hall–Kier alpha value is -9.13. The third kappa shape index (κ3) is 28.1. The molecule has 4 fully saturated rings. The van der Waals surface area contributed by atoms with Gasteiger partial charge < -0.3 is 105 Å². The first kappa shape index (κ1) is 98.2. The molecular formula is C78H133N17O20. The Morgan fingerprint density at radius 2 is 0.722 bits per heavy atom. The van der Waals surface area contributed by atoms with Gasteiger partial charge in [-0.05, 0) is 125 Å². The van der Waals surface area contributed by atoms with Crippen LogP contribution in [0.15, 0.2) is 0 Å². The van der Waals surface area contributed by atoms with E-state index in [-0.39, 0.29) is 95.3 Å². The predicted molar refractivity (Wildman–Crippen MR) is 421 cm³/mol. The molecule has 650 valence electrons. The SMILES string of the molecule is CC[C@H](C)[C@H](NC(=O)[C@@H](N)C(C)C)C(=O)N[C@@H](CCC(N)=O)C(=O)N1CCC[C@H]1C(=O)N[C@@H](CO)C(=O)N1CCC[C@H]1C(=O)N[C@H](C(=O)N[C@H](C(=O)N[C@H](C(=O)N[C@H](C(=O)N[C@@H](CC(C)C)C(=O)N1CCC[C@H]1C(=O)NCC(=O)N1CCC[C@H]1C(=O)N[C@H](C(=O)N[C@@H](CC(C)C)C(=O)O)[C@@H](C)CC)[C@@H](C)O)C(C)C)C(C)C)C(C)C. The first-order valence-electron chi connectivity index (χ1n) is 40.9. The minimum absolute atomic E-state index is 0.00482. The van der Waals surface area contributed by atoms with Crippen molar-refractivity contribution in [3.05, 3.63) is 0 Å². The van der Waals surface area contributed by atoms with Crippen LogP contribution in [-0.2, 0) is 81.5 Å². The smallest absolute Gasteiger partial charge is 0.326 e. The van der Waals surface area contributed by atoms with E-state index in [4.69, 9.17) is 11.5 Å². The highest BCUT2D eigenvalue weighted by Gasteiger charge is 2.47. The minimum atomic E-state index is -1.72. The number of carbonyl (C=O) groups is 17. The highest BCUT2D eigenvalue weighted by atomic mass is 16.4. The molecule has 0 aromatic heterocycles. The largest absolute Gasteiger partial charge is 0.480 e. The van der Waals surface area contributed by atoms with Gasteiger partial charge in [-0.25, -0.2) is 4.79 Å². The standard InChI is InChI=1S/C78H133N17O20/c1-18-44(15)61(73(109)84-49(78(114)115)35-39(5)6)89-66(102)52-25-20-30-92(52)56(99)36-81-64(100)51-24-21-31-93(51)76(112)48(34-38(3)4)83-74(110)63(46(17)97)91-71(107)60(43(13)14)88-70(106)59(42(11)12)87-69(105)58(41(9)10)86-67(103)54-27-23-33-95(54)77(113)50(37-96)85-65(101)53-26-22-32-94(53)75(111)47(28-29-55(79)98)82-72(108)62(45(16)19-2)90-68(104)57(80)40(7)8/h38-54,57-63,96-97H,18-37,80H2,1-17H3,(H2,79,98)(H,81,100)(H,82,108)(H,83,110)(H,84,109)(H,85,101)(H,86,103)(H,87,105)(H,88,106)(H,89,102)(H,90,104)(H,91,107)(H,114,115)/t44-,45-,46+,47-,48-,49-,50-,51-,52-,53-,54-,57-,58-,59-,60-,61-,62-,63-/m0/s1. The number of nitrogens with two attached hydrogens (primary N) is 2. The van der Waals surface area contributed by atoms with Gasteiger partial charge in [0, 0.05) is 32.6 Å². The third-order valence-corrected chi connectivity index (χ3v) is 22.0. The maximum absolute atomic E-state index is 14.6. The van der Waals surface area contributed by atoms with Gasteiger partial charge in [0.1, 0.15) is 84.6 Å². The van der Waals surface area contributed by atoms with Gasteiger partial charge in [-0.2, -0.15) is 0 Å².